The zero-order valence-corrected chi connectivity index (χ0v) is 8.52. The maximum Gasteiger partial charge on any atom is 0.297 e. The number of nitro benzene ring substituents is 1. The van der Waals surface area contributed by atoms with Gasteiger partial charge in [0.05, 0.1) is 16.5 Å². The van der Waals surface area contributed by atoms with Crippen LogP contribution in [0.4, 0.5) is 5.69 Å². The zero-order valence-electron chi connectivity index (χ0n) is 7.77. The predicted octanol–water partition coefficient (Wildman–Crippen LogP) is 2.50. The third-order valence-corrected chi connectivity index (χ3v) is 2.41. The molecule has 0 saturated carbocycles. The molecule has 0 radical (unpaired) electrons. The van der Waals surface area contributed by atoms with Crippen molar-refractivity contribution >= 4 is 28.2 Å². The van der Waals surface area contributed by atoms with E-state index >= 15 is 0 Å². The second-order valence-corrected chi connectivity index (χ2v) is 3.48. The molecule has 1 aromatic heterocycles. The molecule has 15 heavy (non-hydrogen) atoms. The number of nitrogens with zero attached hydrogens (tertiary/aromatic N) is 3. The summed E-state index contributed by atoms with van der Waals surface area (Å²) in [5.41, 5.74) is 1.06. The van der Waals surface area contributed by atoms with Gasteiger partial charge in [-0.3, -0.25) is 10.1 Å². The molecule has 6 heteroatoms. The maximum absolute atomic E-state index is 10.9. The molecule has 0 saturated heterocycles. The van der Waals surface area contributed by atoms with E-state index in [0.29, 0.717) is 16.5 Å². The van der Waals surface area contributed by atoms with Crippen molar-refractivity contribution in [2.45, 2.75) is 6.92 Å². The number of aryl methyl sites for hydroxylation is 1. The van der Waals surface area contributed by atoms with Gasteiger partial charge in [0, 0.05) is 0 Å². The van der Waals surface area contributed by atoms with Crippen molar-refractivity contribution in [1.29, 1.82) is 0 Å². The van der Waals surface area contributed by atoms with E-state index in [1.165, 1.54) is 12.3 Å². The minimum absolute atomic E-state index is 0.110. The summed E-state index contributed by atoms with van der Waals surface area (Å²) in [6.07, 6.45) is 1.48. The molecular weight excluding hydrogens is 218 g/mol. The smallest absolute Gasteiger partial charge is 0.258 e. The molecular formula is C9H6ClN3O2. The summed E-state index contributed by atoms with van der Waals surface area (Å²) in [5.74, 6) is 0. The van der Waals surface area contributed by atoms with Gasteiger partial charge in [-0.25, -0.2) is 0 Å². The molecule has 0 bridgehead atoms. The van der Waals surface area contributed by atoms with Crippen molar-refractivity contribution in [2.75, 3.05) is 0 Å². The fraction of sp³-hybridized carbons (Fsp3) is 0.111. The molecule has 76 valence electrons. The standard InChI is InChI=1S/C9H6ClN3O2/c1-5-4-11-12-7-3-2-6(10)9(8(5)7)13(14)15/h2-4H,1H3. The van der Waals surface area contributed by atoms with Crippen molar-refractivity contribution < 1.29 is 4.92 Å². The molecule has 0 aliphatic rings. The average Bonchev–Trinajstić information content (AvgIpc) is 2.18. The molecule has 0 fully saturated rings. The first-order chi connectivity index (χ1) is 7.11. The van der Waals surface area contributed by atoms with Crippen LogP contribution >= 0.6 is 11.6 Å². The predicted molar refractivity (Wildman–Crippen MR) is 55.9 cm³/mol. The normalized spacial score (nSPS) is 10.5. The molecule has 0 aliphatic carbocycles. The Labute approximate surface area is 89.8 Å². The van der Waals surface area contributed by atoms with Crippen LogP contribution in [0.25, 0.3) is 10.9 Å². The first-order valence-electron chi connectivity index (χ1n) is 4.16. The largest absolute Gasteiger partial charge is 0.297 e. The van der Waals surface area contributed by atoms with E-state index in [0.717, 1.165) is 0 Å². The van der Waals surface area contributed by atoms with Crippen LogP contribution in [-0.2, 0) is 0 Å². The molecule has 0 aliphatic heterocycles. The number of fused-ring (bicyclic) bond motifs is 1. The van der Waals surface area contributed by atoms with Crippen molar-refractivity contribution in [1.82, 2.24) is 10.2 Å². The van der Waals surface area contributed by atoms with E-state index in [4.69, 9.17) is 11.6 Å². The number of rotatable bonds is 1. The molecule has 5 nitrogen and oxygen atoms in total. The molecule has 1 aromatic carbocycles. The lowest BCUT2D eigenvalue weighted by Gasteiger charge is -2.02. The molecule has 2 rings (SSSR count). The monoisotopic (exact) mass is 223 g/mol. The van der Waals surface area contributed by atoms with Crippen molar-refractivity contribution in [3.63, 3.8) is 0 Å². The Kier molecular flexibility index (Phi) is 2.24. The Morgan fingerprint density at radius 1 is 1.47 bits per heavy atom. The van der Waals surface area contributed by atoms with Crippen LogP contribution in [0.2, 0.25) is 5.02 Å². The Hall–Kier alpha value is -1.75. The summed E-state index contributed by atoms with van der Waals surface area (Å²) in [6.45, 7) is 1.74. The minimum atomic E-state index is -0.501. The van der Waals surface area contributed by atoms with E-state index in [9.17, 15) is 10.1 Å². The number of aromatic nitrogens is 2. The summed E-state index contributed by atoms with van der Waals surface area (Å²) < 4.78 is 0. The van der Waals surface area contributed by atoms with E-state index < -0.39 is 4.92 Å². The number of hydrogen-bond acceptors (Lipinski definition) is 4. The van der Waals surface area contributed by atoms with Crippen molar-refractivity contribution in [2.24, 2.45) is 0 Å². The van der Waals surface area contributed by atoms with E-state index in [-0.39, 0.29) is 10.7 Å². The van der Waals surface area contributed by atoms with E-state index in [1.807, 2.05) is 0 Å². The Morgan fingerprint density at radius 2 is 2.20 bits per heavy atom. The molecule has 0 spiro atoms. The van der Waals surface area contributed by atoms with Crippen molar-refractivity contribution in [3.8, 4) is 0 Å². The van der Waals surface area contributed by atoms with E-state index in [2.05, 4.69) is 10.2 Å². The van der Waals surface area contributed by atoms with E-state index in [1.54, 1.807) is 13.0 Å². The summed E-state index contributed by atoms with van der Waals surface area (Å²) >= 11 is 5.78. The highest BCUT2D eigenvalue weighted by atomic mass is 35.5. The minimum Gasteiger partial charge on any atom is -0.258 e. The van der Waals surface area contributed by atoms with Gasteiger partial charge in [0.1, 0.15) is 10.5 Å². The van der Waals surface area contributed by atoms with Crippen LogP contribution in [0.1, 0.15) is 5.56 Å². The van der Waals surface area contributed by atoms with Gasteiger partial charge >= 0.3 is 0 Å². The number of nitro groups is 1. The van der Waals surface area contributed by atoms with Gasteiger partial charge < -0.3 is 0 Å². The molecule has 2 aromatic rings. The molecule has 0 N–H and O–H groups in total. The topological polar surface area (TPSA) is 68.9 Å². The van der Waals surface area contributed by atoms with Gasteiger partial charge in [0.15, 0.2) is 0 Å². The summed E-state index contributed by atoms with van der Waals surface area (Å²) in [5, 5.41) is 19.0. The molecule has 0 amide bonds. The SMILES string of the molecule is Cc1cnnc2ccc(Cl)c([N+](=O)[O-])c12. The Morgan fingerprint density at radius 3 is 2.87 bits per heavy atom. The number of benzene rings is 1. The fourth-order valence-electron chi connectivity index (χ4n) is 1.45. The summed E-state index contributed by atoms with van der Waals surface area (Å²) in [6, 6.07) is 3.07. The van der Waals surface area contributed by atoms with Crippen LogP contribution in [0, 0.1) is 17.0 Å². The molecule has 1 heterocycles. The highest BCUT2D eigenvalue weighted by Crippen LogP contribution is 2.33. The second-order valence-electron chi connectivity index (χ2n) is 3.07. The van der Waals surface area contributed by atoms with Crippen LogP contribution in [-0.4, -0.2) is 15.1 Å². The highest BCUT2D eigenvalue weighted by molar-refractivity contribution is 6.34. The molecule has 0 unspecified atom stereocenters. The van der Waals surface area contributed by atoms with Crippen molar-refractivity contribution in [3.05, 3.63) is 39.0 Å². The zero-order chi connectivity index (χ0) is 11.0. The van der Waals surface area contributed by atoms with Gasteiger partial charge in [-0.1, -0.05) is 11.6 Å². The number of halogens is 1. The third-order valence-electron chi connectivity index (χ3n) is 2.10. The lowest BCUT2D eigenvalue weighted by atomic mass is 10.1. The average molecular weight is 224 g/mol. The summed E-state index contributed by atoms with van der Waals surface area (Å²) in [7, 11) is 0. The quantitative estimate of drug-likeness (QED) is 0.550. The Bertz CT molecular complexity index is 556. The van der Waals surface area contributed by atoms with Crippen LogP contribution in [0.3, 0.4) is 0 Å². The lowest BCUT2D eigenvalue weighted by Crippen LogP contribution is -1.95. The first kappa shape index (κ1) is 9.79. The summed E-state index contributed by atoms with van der Waals surface area (Å²) in [4.78, 5) is 10.4. The first-order valence-corrected chi connectivity index (χ1v) is 4.54. The fourth-order valence-corrected chi connectivity index (χ4v) is 1.67. The van der Waals surface area contributed by atoms with Crippen LogP contribution in [0.15, 0.2) is 18.3 Å². The lowest BCUT2D eigenvalue weighted by molar-refractivity contribution is -0.382. The van der Waals surface area contributed by atoms with Crippen LogP contribution < -0.4 is 0 Å². The number of hydrogen-bond donors (Lipinski definition) is 0. The highest BCUT2D eigenvalue weighted by Gasteiger charge is 2.19. The van der Waals surface area contributed by atoms with Gasteiger partial charge in [-0.15, -0.1) is 0 Å². The van der Waals surface area contributed by atoms with Gasteiger partial charge in [0.25, 0.3) is 5.69 Å². The maximum atomic E-state index is 10.9. The van der Waals surface area contributed by atoms with Crippen LogP contribution in [0.5, 0.6) is 0 Å². The van der Waals surface area contributed by atoms with Gasteiger partial charge in [-0.2, -0.15) is 10.2 Å². The molecule has 0 atom stereocenters. The Balaban J connectivity index is 2.97. The third kappa shape index (κ3) is 1.50. The van der Waals surface area contributed by atoms with Gasteiger partial charge in [-0.05, 0) is 24.6 Å². The van der Waals surface area contributed by atoms with Gasteiger partial charge in [0.2, 0.25) is 0 Å². The second kappa shape index (κ2) is 3.43.